The van der Waals surface area contributed by atoms with E-state index in [0.29, 0.717) is 4.47 Å². The third-order valence-electron chi connectivity index (χ3n) is 2.07. The van der Waals surface area contributed by atoms with Crippen molar-refractivity contribution >= 4 is 27.5 Å². The largest absolute Gasteiger partial charge is 0.573 e. The van der Waals surface area contributed by atoms with Crippen LogP contribution in [0.3, 0.4) is 0 Å². The van der Waals surface area contributed by atoms with E-state index in [1.165, 1.54) is 12.1 Å². The highest BCUT2D eigenvalue weighted by Crippen LogP contribution is 2.33. The lowest BCUT2D eigenvalue weighted by molar-refractivity contribution is -0.274. The van der Waals surface area contributed by atoms with E-state index in [1.807, 2.05) is 0 Å². The Labute approximate surface area is 118 Å². The van der Waals surface area contributed by atoms with Crippen molar-refractivity contribution in [3.05, 3.63) is 34.6 Å². The van der Waals surface area contributed by atoms with E-state index in [9.17, 15) is 18.0 Å². The Balaban J connectivity index is 2.25. The van der Waals surface area contributed by atoms with E-state index in [0.717, 1.165) is 12.3 Å². The zero-order valence-electron chi connectivity index (χ0n) is 9.53. The van der Waals surface area contributed by atoms with Crippen LogP contribution in [-0.4, -0.2) is 27.7 Å². The quantitative estimate of drug-likeness (QED) is 0.891. The normalized spacial score (nSPS) is 11.2. The minimum atomic E-state index is -4.87. The van der Waals surface area contributed by atoms with E-state index in [1.54, 1.807) is 0 Å². The predicted molar refractivity (Wildman–Crippen MR) is 65.2 cm³/mol. The maximum Gasteiger partial charge on any atom is 0.573 e. The Bertz CT molecular complexity index is 615. The molecule has 0 aliphatic rings. The van der Waals surface area contributed by atoms with Gasteiger partial charge in [0.05, 0.1) is 11.9 Å². The Morgan fingerprint density at radius 1 is 1.40 bits per heavy atom. The van der Waals surface area contributed by atoms with Crippen molar-refractivity contribution in [2.45, 2.75) is 6.36 Å². The molecular weight excluding hydrogens is 345 g/mol. The molecule has 0 fully saturated rings. The monoisotopic (exact) mass is 350 g/mol. The summed E-state index contributed by atoms with van der Waals surface area (Å²) >= 11 is 3.02. The molecule has 1 aromatic carbocycles. The van der Waals surface area contributed by atoms with Crippen LogP contribution < -0.4 is 10.1 Å². The van der Waals surface area contributed by atoms with Gasteiger partial charge in [0.25, 0.3) is 5.91 Å². The number of halogens is 4. The number of carbonyl (C=O) groups is 1. The van der Waals surface area contributed by atoms with Gasteiger partial charge in [0.15, 0.2) is 11.4 Å². The summed E-state index contributed by atoms with van der Waals surface area (Å²) < 4.78 is 41.1. The van der Waals surface area contributed by atoms with E-state index < -0.39 is 18.0 Å². The number of hydrogen-bond acceptors (Lipinski definition) is 4. The van der Waals surface area contributed by atoms with Crippen molar-refractivity contribution in [2.24, 2.45) is 0 Å². The van der Waals surface area contributed by atoms with Crippen LogP contribution >= 0.6 is 15.9 Å². The average Bonchev–Trinajstić information content (AvgIpc) is 2.84. The van der Waals surface area contributed by atoms with Crippen molar-refractivity contribution in [1.29, 1.82) is 0 Å². The van der Waals surface area contributed by atoms with Gasteiger partial charge in [-0.1, -0.05) is 15.9 Å². The number of H-pyrrole nitrogens is 1. The van der Waals surface area contributed by atoms with Crippen molar-refractivity contribution in [3.8, 4) is 5.75 Å². The first-order valence-electron chi connectivity index (χ1n) is 5.07. The number of carbonyl (C=O) groups excluding carboxylic acids is 1. The summed E-state index contributed by atoms with van der Waals surface area (Å²) in [6.07, 6.45) is -3.73. The highest BCUT2D eigenvalue weighted by molar-refractivity contribution is 9.10. The van der Waals surface area contributed by atoms with Crippen LogP contribution in [0, 0.1) is 0 Å². The Morgan fingerprint density at radius 3 is 2.75 bits per heavy atom. The van der Waals surface area contributed by atoms with Gasteiger partial charge in [0.2, 0.25) is 0 Å². The number of amides is 1. The molecule has 1 aromatic heterocycles. The molecule has 0 saturated heterocycles. The molecular formula is C10H6BrF3N4O2. The molecule has 2 rings (SSSR count). The minimum absolute atomic E-state index is 0.0640. The smallest absolute Gasteiger partial charge is 0.404 e. The van der Waals surface area contributed by atoms with Gasteiger partial charge in [-0.15, -0.1) is 13.2 Å². The fourth-order valence-corrected chi connectivity index (χ4v) is 1.65. The van der Waals surface area contributed by atoms with Crippen molar-refractivity contribution in [2.75, 3.05) is 5.32 Å². The Kier molecular flexibility index (Phi) is 3.93. The van der Waals surface area contributed by atoms with Crippen LogP contribution in [0.4, 0.5) is 18.9 Å². The second kappa shape index (κ2) is 5.49. The maximum absolute atomic E-state index is 12.3. The maximum atomic E-state index is 12.3. The zero-order valence-corrected chi connectivity index (χ0v) is 11.1. The van der Waals surface area contributed by atoms with Gasteiger partial charge in [-0.25, -0.2) is 0 Å². The van der Waals surface area contributed by atoms with E-state index >= 15 is 0 Å². The lowest BCUT2D eigenvalue weighted by Gasteiger charge is -2.13. The van der Waals surface area contributed by atoms with Gasteiger partial charge < -0.3 is 10.1 Å². The molecule has 0 spiro atoms. The molecule has 6 nitrogen and oxygen atoms in total. The summed E-state index contributed by atoms with van der Waals surface area (Å²) in [5.41, 5.74) is -0.204. The van der Waals surface area contributed by atoms with Gasteiger partial charge in [-0.05, 0) is 18.2 Å². The number of aromatic amines is 1. The molecule has 0 radical (unpaired) electrons. The minimum Gasteiger partial charge on any atom is -0.404 e. The third kappa shape index (κ3) is 3.70. The number of nitrogens with one attached hydrogen (secondary N) is 2. The van der Waals surface area contributed by atoms with Crippen LogP contribution in [-0.2, 0) is 0 Å². The molecule has 0 saturated carbocycles. The molecule has 2 aromatic rings. The number of alkyl halides is 3. The SMILES string of the molecule is O=C(Nc1ccc(Br)cc1OC(F)(F)F)c1cn[nH]n1. The Hall–Kier alpha value is -2.10. The van der Waals surface area contributed by atoms with E-state index in [2.05, 4.69) is 41.4 Å². The highest BCUT2D eigenvalue weighted by Gasteiger charge is 2.32. The number of rotatable bonds is 3. The molecule has 0 atom stereocenters. The fourth-order valence-electron chi connectivity index (χ4n) is 1.31. The molecule has 0 bridgehead atoms. The summed E-state index contributed by atoms with van der Waals surface area (Å²) in [6, 6.07) is 3.82. The van der Waals surface area contributed by atoms with Crippen LogP contribution in [0.25, 0.3) is 0 Å². The molecule has 0 aliphatic heterocycles. The van der Waals surface area contributed by atoms with Gasteiger partial charge in [0.1, 0.15) is 0 Å². The van der Waals surface area contributed by atoms with Gasteiger partial charge in [-0.3, -0.25) is 4.79 Å². The van der Waals surface area contributed by atoms with Gasteiger partial charge in [-0.2, -0.15) is 15.4 Å². The van der Waals surface area contributed by atoms with Crippen LogP contribution in [0.1, 0.15) is 10.5 Å². The molecule has 106 valence electrons. The number of nitrogens with zero attached hydrogens (tertiary/aromatic N) is 2. The molecule has 0 unspecified atom stereocenters. The molecule has 2 N–H and O–H groups in total. The third-order valence-corrected chi connectivity index (χ3v) is 2.56. The summed E-state index contributed by atoms with van der Waals surface area (Å²) in [6.45, 7) is 0. The predicted octanol–water partition coefficient (Wildman–Crippen LogP) is 2.72. The molecule has 1 amide bonds. The first kappa shape index (κ1) is 14.3. The first-order valence-corrected chi connectivity index (χ1v) is 5.87. The summed E-state index contributed by atoms with van der Waals surface area (Å²) in [5.74, 6) is -1.25. The standard InChI is InChI=1S/C10H6BrF3N4O2/c11-5-1-2-6(8(3-5)20-10(12,13)14)16-9(19)7-4-15-18-17-7/h1-4H,(H,16,19)(H,15,17,18). The summed E-state index contributed by atoms with van der Waals surface area (Å²) in [5, 5.41) is 11.4. The average molecular weight is 351 g/mol. The number of ether oxygens (including phenoxy) is 1. The number of hydrogen-bond donors (Lipinski definition) is 2. The van der Waals surface area contributed by atoms with Crippen LogP contribution in [0.2, 0.25) is 0 Å². The van der Waals surface area contributed by atoms with Crippen molar-refractivity contribution in [1.82, 2.24) is 15.4 Å². The number of benzene rings is 1. The highest BCUT2D eigenvalue weighted by atomic mass is 79.9. The molecule has 20 heavy (non-hydrogen) atoms. The molecule has 10 heteroatoms. The lowest BCUT2D eigenvalue weighted by atomic mass is 10.3. The second-order valence-corrected chi connectivity index (χ2v) is 4.41. The summed E-state index contributed by atoms with van der Waals surface area (Å²) in [4.78, 5) is 11.7. The van der Waals surface area contributed by atoms with E-state index in [-0.39, 0.29) is 11.4 Å². The van der Waals surface area contributed by atoms with Gasteiger partial charge >= 0.3 is 6.36 Å². The number of aromatic nitrogens is 3. The zero-order chi connectivity index (χ0) is 14.8. The van der Waals surface area contributed by atoms with Gasteiger partial charge in [0, 0.05) is 4.47 Å². The van der Waals surface area contributed by atoms with Crippen LogP contribution in [0.5, 0.6) is 5.75 Å². The second-order valence-electron chi connectivity index (χ2n) is 3.50. The molecule has 1 heterocycles. The van der Waals surface area contributed by atoms with Crippen molar-refractivity contribution in [3.63, 3.8) is 0 Å². The number of anilines is 1. The molecule has 0 aliphatic carbocycles. The fraction of sp³-hybridized carbons (Fsp3) is 0.100. The van der Waals surface area contributed by atoms with Crippen molar-refractivity contribution < 1.29 is 22.7 Å². The Morgan fingerprint density at radius 2 is 2.15 bits per heavy atom. The summed E-state index contributed by atoms with van der Waals surface area (Å²) in [7, 11) is 0. The van der Waals surface area contributed by atoms with Crippen LogP contribution in [0.15, 0.2) is 28.9 Å². The lowest BCUT2D eigenvalue weighted by Crippen LogP contribution is -2.19. The topological polar surface area (TPSA) is 79.9 Å². The van der Waals surface area contributed by atoms with E-state index in [4.69, 9.17) is 0 Å². The first-order chi connectivity index (χ1) is 9.35.